The van der Waals surface area contributed by atoms with E-state index in [1.165, 1.54) is 12.1 Å². The van der Waals surface area contributed by atoms with E-state index in [1.54, 1.807) is 0 Å². The van der Waals surface area contributed by atoms with Crippen molar-refractivity contribution in [3.05, 3.63) is 23.8 Å². The fourth-order valence-corrected chi connectivity index (χ4v) is 2.69. The van der Waals surface area contributed by atoms with Crippen molar-refractivity contribution in [1.82, 2.24) is 5.48 Å². The van der Waals surface area contributed by atoms with Crippen molar-refractivity contribution in [2.24, 2.45) is 0 Å². The Morgan fingerprint density at radius 3 is 2.64 bits per heavy atom. The highest BCUT2D eigenvalue weighted by molar-refractivity contribution is 5.78. The van der Waals surface area contributed by atoms with Crippen molar-refractivity contribution >= 4 is 5.97 Å². The largest absolute Gasteiger partial charge is 0.508 e. The Kier molecular flexibility index (Phi) is 4.92. The number of esters is 1. The number of nitrogens with one attached hydrogen (secondary N) is 1. The number of alkyl halides is 3. The van der Waals surface area contributed by atoms with E-state index in [-0.39, 0.29) is 23.5 Å². The summed E-state index contributed by atoms with van der Waals surface area (Å²) in [4.78, 5) is 10.7. The van der Waals surface area contributed by atoms with Crippen LogP contribution < -0.4 is 10.2 Å². The van der Waals surface area contributed by atoms with Crippen LogP contribution in [-0.4, -0.2) is 28.5 Å². The molecule has 1 aliphatic rings. The maximum atomic E-state index is 12.1. The molecule has 1 saturated carbocycles. The molecule has 8 heteroatoms. The number of hydroxylamine groups is 1. The molecule has 3 N–H and O–H groups in total. The summed E-state index contributed by atoms with van der Waals surface area (Å²) in [5.74, 6) is -2.94. The van der Waals surface area contributed by atoms with Gasteiger partial charge in [0.15, 0.2) is 0 Å². The van der Waals surface area contributed by atoms with E-state index < -0.39 is 12.1 Å². The van der Waals surface area contributed by atoms with Crippen LogP contribution in [0.25, 0.3) is 0 Å². The first-order chi connectivity index (χ1) is 10.3. The summed E-state index contributed by atoms with van der Waals surface area (Å²) in [6.45, 7) is 0. The molecule has 2 unspecified atom stereocenters. The van der Waals surface area contributed by atoms with Gasteiger partial charge in [-0.3, -0.25) is 0 Å². The molecule has 2 atom stereocenters. The average Bonchev–Trinajstić information content (AvgIpc) is 2.46. The number of hydrogen-bond acceptors (Lipinski definition) is 5. The molecule has 0 amide bonds. The Hall–Kier alpha value is -1.80. The minimum atomic E-state index is -5.09. The summed E-state index contributed by atoms with van der Waals surface area (Å²) >= 11 is 0. The number of rotatable bonds is 3. The lowest BCUT2D eigenvalue weighted by atomic mass is 9.81. The zero-order valence-electron chi connectivity index (χ0n) is 11.6. The highest BCUT2D eigenvalue weighted by Crippen LogP contribution is 2.38. The maximum absolute atomic E-state index is 12.1. The third-order valence-electron chi connectivity index (χ3n) is 3.74. The first-order valence-corrected chi connectivity index (χ1v) is 6.82. The van der Waals surface area contributed by atoms with Crippen molar-refractivity contribution in [2.45, 2.75) is 43.8 Å². The number of halogens is 3. The molecule has 0 radical (unpaired) electrons. The van der Waals surface area contributed by atoms with E-state index in [4.69, 9.17) is 5.21 Å². The second-order valence-electron chi connectivity index (χ2n) is 5.30. The van der Waals surface area contributed by atoms with Crippen LogP contribution >= 0.6 is 0 Å². The second kappa shape index (κ2) is 6.53. The van der Waals surface area contributed by atoms with Crippen LogP contribution in [-0.2, 0) is 4.79 Å². The Labute approximate surface area is 124 Å². The molecule has 1 aliphatic carbocycles. The smallest absolute Gasteiger partial charge is 0.491 e. The quantitative estimate of drug-likeness (QED) is 0.453. The standard InChI is InChI=1S/C14H16F3NO4/c15-14(16,17)13(20)22-10-4-5-11(12(19)7-10)8-2-1-3-9(6-8)18-21/h4-5,7-9,18-19,21H,1-3,6H2. The summed E-state index contributed by atoms with van der Waals surface area (Å²) in [6.07, 6.45) is -2.01. The fraction of sp³-hybridized carbons (Fsp3) is 0.500. The van der Waals surface area contributed by atoms with Crippen LogP contribution in [0, 0.1) is 0 Å². The Morgan fingerprint density at radius 2 is 2.05 bits per heavy atom. The van der Waals surface area contributed by atoms with Crippen molar-refractivity contribution in [3.8, 4) is 11.5 Å². The summed E-state index contributed by atoms with van der Waals surface area (Å²) in [6, 6.07) is 3.57. The number of carbonyl (C=O) groups is 1. The highest BCUT2D eigenvalue weighted by atomic mass is 19.4. The first-order valence-electron chi connectivity index (χ1n) is 6.82. The number of hydrogen-bond donors (Lipinski definition) is 3. The van der Waals surface area contributed by atoms with Crippen LogP contribution in [0.5, 0.6) is 11.5 Å². The number of benzene rings is 1. The van der Waals surface area contributed by atoms with E-state index in [9.17, 15) is 23.1 Å². The van der Waals surface area contributed by atoms with Crippen LogP contribution in [0.1, 0.15) is 37.2 Å². The van der Waals surface area contributed by atoms with Gasteiger partial charge in [-0.25, -0.2) is 10.3 Å². The molecule has 22 heavy (non-hydrogen) atoms. The van der Waals surface area contributed by atoms with Crippen molar-refractivity contribution < 1.29 is 33.0 Å². The van der Waals surface area contributed by atoms with Gasteiger partial charge in [0, 0.05) is 12.1 Å². The van der Waals surface area contributed by atoms with Crippen LogP contribution in [0.4, 0.5) is 13.2 Å². The van der Waals surface area contributed by atoms with Gasteiger partial charge in [0.25, 0.3) is 0 Å². The van der Waals surface area contributed by atoms with Gasteiger partial charge < -0.3 is 15.1 Å². The zero-order chi connectivity index (χ0) is 16.3. The van der Waals surface area contributed by atoms with E-state index in [0.29, 0.717) is 12.0 Å². The maximum Gasteiger partial charge on any atom is 0.491 e. The molecule has 1 aromatic carbocycles. The molecule has 0 heterocycles. The molecule has 0 saturated heterocycles. The molecule has 0 aliphatic heterocycles. The van der Waals surface area contributed by atoms with Gasteiger partial charge in [-0.2, -0.15) is 13.2 Å². The monoisotopic (exact) mass is 319 g/mol. The Balaban J connectivity index is 2.11. The highest BCUT2D eigenvalue weighted by Gasteiger charge is 2.41. The number of carbonyl (C=O) groups excluding carboxylic acids is 1. The molecule has 5 nitrogen and oxygen atoms in total. The number of phenols is 1. The molecule has 1 aromatic rings. The fourth-order valence-electron chi connectivity index (χ4n) is 2.69. The number of aromatic hydroxyl groups is 1. The Bertz CT molecular complexity index is 547. The third-order valence-corrected chi connectivity index (χ3v) is 3.74. The molecule has 0 spiro atoms. The lowest BCUT2D eigenvalue weighted by Gasteiger charge is -2.28. The molecular formula is C14H16F3NO4. The average molecular weight is 319 g/mol. The number of ether oxygens (including phenoxy) is 1. The summed E-state index contributed by atoms with van der Waals surface area (Å²) < 4.78 is 40.5. The SMILES string of the molecule is O=C(Oc1ccc(C2CCCC(NO)C2)c(O)c1)C(F)(F)F. The van der Waals surface area contributed by atoms with Crippen molar-refractivity contribution in [2.75, 3.05) is 0 Å². The lowest BCUT2D eigenvalue weighted by molar-refractivity contribution is -0.189. The molecule has 1 fully saturated rings. The normalized spacial score (nSPS) is 22.4. The van der Waals surface area contributed by atoms with Gasteiger partial charge in [0.05, 0.1) is 0 Å². The van der Waals surface area contributed by atoms with E-state index in [2.05, 4.69) is 10.2 Å². The van der Waals surface area contributed by atoms with Gasteiger partial charge in [-0.05, 0) is 36.8 Å². The van der Waals surface area contributed by atoms with Crippen molar-refractivity contribution in [1.29, 1.82) is 0 Å². The summed E-state index contributed by atoms with van der Waals surface area (Å²) in [5.41, 5.74) is 2.76. The molecule has 122 valence electrons. The minimum Gasteiger partial charge on any atom is -0.508 e. The topological polar surface area (TPSA) is 78.8 Å². The molecule has 2 rings (SSSR count). The molecule has 0 aromatic heterocycles. The molecule has 0 bridgehead atoms. The minimum absolute atomic E-state index is 0.0224. The van der Waals surface area contributed by atoms with Gasteiger partial charge in [-0.15, -0.1) is 0 Å². The van der Waals surface area contributed by atoms with E-state index in [1.807, 2.05) is 0 Å². The van der Waals surface area contributed by atoms with Crippen LogP contribution in [0.2, 0.25) is 0 Å². The van der Waals surface area contributed by atoms with E-state index >= 15 is 0 Å². The Morgan fingerprint density at radius 1 is 1.32 bits per heavy atom. The summed E-state index contributed by atoms with van der Waals surface area (Å²) in [5, 5.41) is 18.9. The summed E-state index contributed by atoms with van der Waals surface area (Å²) in [7, 11) is 0. The van der Waals surface area contributed by atoms with E-state index in [0.717, 1.165) is 25.3 Å². The lowest BCUT2D eigenvalue weighted by Crippen LogP contribution is -2.31. The zero-order valence-corrected chi connectivity index (χ0v) is 11.6. The predicted molar refractivity (Wildman–Crippen MR) is 69.7 cm³/mol. The van der Waals surface area contributed by atoms with Gasteiger partial charge >= 0.3 is 12.1 Å². The van der Waals surface area contributed by atoms with Crippen molar-refractivity contribution in [3.63, 3.8) is 0 Å². The van der Waals surface area contributed by atoms with Crippen LogP contribution in [0.3, 0.4) is 0 Å². The molecular weight excluding hydrogens is 303 g/mol. The van der Waals surface area contributed by atoms with Gasteiger partial charge in [0.2, 0.25) is 0 Å². The predicted octanol–water partition coefficient (Wildman–Crippen LogP) is 2.86. The van der Waals surface area contributed by atoms with Gasteiger partial charge in [0.1, 0.15) is 11.5 Å². The van der Waals surface area contributed by atoms with Crippen LogP contribution in [0.15, 0.2) is 18.2 Å². The first kappa shape index (κ1) is 16.6. The second-order valence-corrected chi connectivity index (χ2v) is 5.30. The van der Waals surface area contributed by atoms with Gasteiger partial charge in [-0.1, -0.05) is 12.5 Å². The third kappa shape index (κ3) is 3.89. The number of phenolic OH excluding ortho intramolecular Hbond substituents is 1.